The van der Waals surface area contributed by atoms with Gasteiger partial charge < -0.3 is 10.2 Å². The zero-order chi connectivity index (χ0) is 18.9. The molecule has 2 heterocycles. The Morgan fingerprint density at radius 2 is 2.07 bits per heavy atom. The highest BCUT2D eigenvalue weighted by atomic mass is 32.2. The summed E-state index contributed by atoms with van der Waals surface area (Å²) in [5, 5.41) is 3.81. The third-order valence-electron chi connectivity index (χ3n) is 4.90. The lowest BCUT2D eigenvalue weighted by molar-refractivity contribution is 0.0948. The van der Waals surface area contributed by atoms with Crippen LogP contribution in [0.3, 0.4) is 0 Å². The summed E-state index contributed by atoms with van der Waals surface area (Å²) in [6, 6.07) is 13.7. The van der Waals surface area contributed by atoms with Gasteiger partial charge in [-0.1, -0.05) is 36.9 Å². The SMILES string of the molecule is CC1CCCN(CCCCNC(=O)c2cccnc2Sc2ccccc2)C1. The van der Waals surface area contributed by atoms with Crippen molar-refractivity contribution in [3.05, 3.63) is 54.2 Å². The van der Waals surface area contributed by atoms with Gasteiger partial charge in [0.05, 0.1) is 5.56 Å². The first-order valence-electron chi connectivity index (χ1n) is 9.91. The first-order chi connectivity index (χ1) is 13.2. The Kier molecular flexibility index (Phi) is 7.72. The van der Waals surface area contributed by atoms with Crippen molar-refractivity contribution in [3.8, 4) is 0 Å². The van der Waals surface area contributed by atoms with Crippen molar-refractivity contribution in [1.82, 2.24) is 15.2 Å². The van der Waals surface area contributed by atoms with Crippen LogP contribution < -0.4 is 5.32 Å². The van der Waals surface area contributed by atoms with Crippen LogP contribution in [-0.4, -0.2) is 42.0 Å². The van der Waals surface area contributed by atoms with Gasteiger partial charge in [0.15, 0.2) is 0 Å². The highest BCUT2D eigenvalue weighted by Gasteiger charge is 2.16. The summed E-state index contributed by atoms with van der Waals surface area (Å²) in [6.07, 6.45) is 6.56. The van der Waals surface area contributed by atoms with Gasteiger partial charge in [0.1, 0.15) is 5.03 Å². The van der Waals surface area contributed by atoms with Crippen LogP contribution in [0.15, 0.2) is 58.6 Å². The molecule has 0 radical (unpaired) electrons. The van der Waals surface area contributed by atoms with Crippen LogP contribution in [-0.2, 0) is 0 Å². The molecule has 1 atom stereocenters. The number of carbonyl (C=O) groups excluding carboxylic acids is 1. The third-order valence-corrected chi connectivity index (χ3v) is 5.93. The van der Waals surface area contributed by atoms with Crippen molar-refractivity contribution in [1.29, 1.82) is 0 Å². The highest BCUT2D eigenvalue weighted by Crippen LogP contribution is 2.28. The molecule has 27 heavy (non-hydrogen) atoms. The van der Waals surface area contributed by atoms with Crippen LogP contribution >= 0.6 is 11.8 Å². The Morgan fingerprint density at radius 3 is 2.89 bits per heavy atom. The Balaban J connectivity index is 1.44. The molecule has 1 N–H and O–H groups in total. The quantitative estimate of drug-likeness (QED) is 0.683. The molecule has 3 rings (SSSR count). The van der Waals surface area contributed by atoms with E-state index in [9.17, 15) is 4.79 Å². The molecule has 1 aliphatic rings. The smallest absolute Gasteiger partial charge is 0.254 e. The van der Waals surface area contributed by atoms with Crippen LogP contribution in [0.1, 0.15) is 43.0 Å². The molecular weight excluding hydrogens is 354 g/mol. The van der Waals surface area contributed by atoms with Gasteiger partial charge in [0.2, 0.25) is 0 Å². The van der Waals surface area contributed by atoms with E-state index in [-0.39, 0.29) is 5.91 Å². The molecule has 5 heteroatoms. The minimum Gasteiger partial charge on any atom is -0.352 e. The number of unbranched alkanes of at least 4 members (excludes halogenated alkanes) is 1. The maximum absolute atomic E-state index is 12.6. The number of nitrogens with one attached hydrogen (secondary N) is 1. The van der Waals surface area contributed by atoms with Crippen molar-refractivity contribution in [2.75, 3.05) is 26.2 Å². The van der Waals surface area contributed by atoms with E-state index >= 15 is 0 Å². The summed E-state index contributed by atoms with van der Waals surface area (Å²) >= 11 is 1.53. The molecular formula is C22H29N3OS. The van der Waals surface area contributed by atoms with E-state index in [0.717, 1.165) is 35.2 Å². The number of likely N-dealkylation sites (tertiary alicyclic amines) is 1. The largest absolute Gasteiger partial charge is 0.352 e. The van der Waals surface area contributed by atoms with E-state index in [0.29, 0.717) is 12.1 Å². The fourth-order valence-corrected chi connectivity index (χ4v) is 4.39. The van der Waals surface area contributed by atoms with Gasteiger partial charge in [-0.05, 0) is 69.0 Å². The molecule has 1 aromatic heterocycles. The predicted octanol–water partition coefficient (Wildman–Crippen LogP) is 4.47. The Bertz CT molecular complexity index is 723. The van der Waals surface area contributed by atoms with E-state index in [1.165, 1.54) is 37.7 Å². The third kappa shape index (κ3) is 6.36. The van der Waals surface area contributed by atoms with Crippen LogP contribution in [0.4, 0.5) is 0 Å². The van der Waals surface area contributed by atoms with Crippen molar-refractivity contribution in [2.45, 2.75) is 42.5 Å². The first-order valence-corrected chi connectivity index (χ1v) is 10.7. The molecule has 1 aromatic carbocycles. The van der Waals surface area contributed by atoms with E-state index < -0.39 is 0 Å². The standard InChI is InChI=1S/C22H29N3OS/c1-18-9-8-16-25(17-18)15-6-5-13-23-21(26)20-12-7-14-24-22(20)27-19-10-3-2-4-11-19/h2-4,7,10-12,14,18H,5-6,8-9,13,15-17H2,1H3,(H,23,26). The second-order valence-corrected chi connectivity index (χ2v) is 8.34. The molecule has 0 aliphatic carbocycles. The van der Waals surface area contributed by atoms with Gasteiger partial charge in [-0.2, -0.15) is 0 Å². The second-order valence-electron chi connectivity index (χ2n) is 7.28. The molecule has 1 aliphatic heterocycles. The van der Waals surface area contributed by atoms with E-state index in [1.54, 1.807) is 6.20 Å². The lowest BCUT2D eigenvalue weighted by atomic mass is 10.0. The van der Waals surface area contributed by atoms with Crippen LogP contribution in [0.2, 0.25) is 0 Å². The van der Waals surface area contributed by atoms with Crippen molar-refractivity contribution < 1.29 is 4.79 Å². The maximum Gasteiger partial charge on any atom is 0.254 e. The number of aromatic nitrogens is 1. The monoisotopic (exact) mass is 383 g/mol. The Labute approximate surface area is 166 Å². The normalized spacial score (nSPS) is 17.6. The fourth-order valence-electron chi connectivity index (χ4n) is 3.49. The van der Waals surface area contributed by atoms with Gasteiger partial charge >= 0.3 is 0 Å². The first kappa shape index (κ1) is 19.9. The number of nitrogens with zero attached hydrogens (tertiary/aromatic N) is 2. The van der Waals surface area contributed by atoms with Crippen molar-refractivity contribution in [2.24, 2.45) is 5.92 Å². The van der Waals surface area contributed by atoms with Crippen LogP contribution in [0, 0.1) is 5.92 Å². The summed E-state index contributed by atoms with van der Waals surface area (Å²) < 4.78 is 0. The lowest BCUT2D eigenvalue weighted by Gasteiger charge is -2.30. The van der Waals surface area contributed by atoms with Gasteiger partial charge in [0, 0.05) is 24.2 Å². The molecule has 144 valence electrons. The minimum atomic E-state index is -0.0341. The van der Waals surface area contributed by atoms with Gasteiger partial charge in [-0.3, -0.25) is 4.79 Å². The average Bonchev–Trinajstić information content (AvgIpc) is 2.69. The summed E-state index contributed by atoms with van der Waals surface area (Å²) in [6.45, 7) is 6.65. The molecule has 1 fully saturated rings. The number of rotatable bonds is 8. The molecule has 0 spiro atoms. The zero-order valence-electron chi connectivity index (χ0n) is 16.1. The lowest BCUT2D eigenvalue weighted by Crippen LogP contribution is -2.35. The summed E-state index contributed by atoms with van der Waals surface area (Å²) in [4.78, 5) is 20.6. The molecule has 0 bridgehead atoms. The molecule has 2 aromatic rings. The Hall–Kier alpha value is -1.85. The predicted molar refractivity (Wildman–Crippen MR) is 111 cm³/mol. The fraction of sp³-hybridized carbons (Fsp3) is 0.455. The minimum absolute atomic E-state index is 0.0341. The number of carbonyl (C=O) groups is 1. The maximum atomic E-state index is 12.6. The van der Waals surface area contributed by atoms with Crippen LogP contribution in [0.25, 0.3) is 0 Å². The van der Waals surface area contributed by atoms with Crippen molar-refractivity contribution in [3.63, 3.8) is 0 Å². The van der Waals surface area contributed by atoms with Gasteiger partial charge in [-0.15, -0.1) is 0 Å². The van der Waals surface area contributed by atoms with Gasteiger partial charge in [-0.25, -0.2) is 4.98 Å². The molecule has 4 nitrogen and oxygen atoms in total. The summed E-state index contributed by atoms with van der Waals surface area (Å²) in [5.74, 6) is 0.790. The number of amides is 1. The van der Waals surface area contributed by atoms with Crippen LogP contribution in [0.5, 0.6) is 0 Å². The number of hydrogen-bond donors (Lipinski definition) is 1. The number of benzene rings is 1. The molecule has 0 saturated carbocycles. The topological polar surface area (TPSA) is 45.2 Å². The molecule has 1 saturated heterocycles. The summed E-state index contributed by atoms with van der Waals surface area (Å²) in [7, 11) is 0. The van der Waals surface area contributed by atoms with E-state index in [4.69, 9.17) is 0 Å². The van der Waals surface area contributed by atoms with E-state index in [2.05, 4.69) is 22.1 Å². The highest BCUT2D eigenvalue weighted by molar-refractivity contribution is 7.99. The Morgan fingerprint density at radius 1 is 1.22 bits per heavy atom. The number of pyridine rings is 1. The summed E-state index contributed by atoms with van der Waals surface area (Å²) in [5.41, 5.74) is 0.649. The van der Waals surface area contributed by atoms with E-state index in [1.807, 2.05) is 42.5 Å². The van der Waals surface area contributed by atoms with Crippen molar-refractivity contribution >= 4 is 17.7 Å². The zero-order valence-corrected chi connectivity index (χ0v) is 16.9. The van der Waals surface area contributed by atoms with Gasteiger partial charge in [0.25, 0.3) is 5.91 Å². The number of hydrogen-bond acceptors (Lipinski definition) is 4. The average molecular weight is 384 g/mol. The molecule has 1 unspecified atom stereocenters. The second kappa shape index (κ2) is 10.5. The molecule has 1 amide bonds. The number of piperidine rings is 1.